The van der Waals surface area contributed by atoms with Crippen molar-refractivity contribution in [1.29, 1.82) is 0 Å². The Kier molecular flexibility index (Phi) is 3.17. The van der Waals surface area contributed by atoms with Crippen LogP contribution in [0.1, 0.15) is 20.8 Å². The van der Waals surface area contributed by atoms with Crippen LogP contribution in [0.2, 0.25) is 0 Å². The third-order valence-electron chi connectivity index (χ3n) is 2.63. The van der Waals surface area contributed by atoms with E-state index in [-0.39, 0.29) is 4.75 Å². The largest absolute Gasteiger partial charge is 0.201 e. The summed E-state index contributed by atoms with van der Waals surface area (Å²) in [7, 11) is 0. The number of hydrogen-bond donors (Lipinski definition) is 0. The van der Waals surface area contributed by atoms with E-state index >= 15 is 0 Å². The second-order valence-electron chi connectivity index (χ2n) is 5.46. The number of aromatic nitrogens is 5. The van der Waals surface area contributed by atoms with Crippen molar-refractivity contribution in [2.45, 2.75) is 30.4 Å². The first-order valence-electron chi connectivity index (χ1n) is 6.37. The van der Waals surface area contributed by atoms with E-state index in [1.54, 1.807) is 11.8 Å². The minimum absolute atomic E-state index is 0.0942. The fraction of sp³-hybridized carbons (Fsp3) is 0.286. The molecule has 0 aliphatic rings. The van der Waals surface area contributed by atoms with E-state index in [2.05, 4.69) is 41.4 Å². The van der Waals surface area contributed by atoms with Crippen LogP contribution in [0.4, 0.5) is 0 Å². The molecule has 3 rings (SSSR count). The molecule has 0 spiro atoms. The number of tetrazole rings is 1. The van der Waals surface area contributed by atoms with Crippen molar-refractivity contribution in [3.05, 3.63) is 36.4 Å². The van der Waals surface area contributed by atoms with Gasteiger partial charge < -0.3 is 0 Å². The average molecular weight is 285 g/mol. The first kappa shape index (κ1) is 13.1. The fourth-order valence-electron chi connectivity index (χ4n) is 1.88. The molecule has 1 aromatic carbocycles. The van der Waals surface area contributed by atoms with E-state index in [9.17, 15) is 0 Å². The summed E-state index contributed by atoms with van der Waals surface area (Å²) in [6.07, 6.45) is 0. The molecule has 20 heavy (non-hydrogen) atoms. The van der Waals surface area contributed by atoms with Gasteiger partial charge in [0.2, 0.25) is 5.65 Å². The maximum Gasteiger partial charge on any atom is 0.201 e. The van der Waals surface area contributed by atoms with Gasteiger partial charge in [0, 0.05) is 21.3 Å². The van der Waals surface area contributed by atoms with Gasteiger partial charge in [-0.25, -0.2) is 0 Å². The van der Waals surface area contributed by atoms with Gasteiger partial charge in [0.05, 0.1) is 0 Å². The summed E-state index contributed by atoms with van der Waals surface area (Å²) in [4.78, 5) is 1.09. The van der Waals surface area contributed by atoms with E-state index < -0.39 is 0 Å². The highest BCUT2D eigenvalue weighted by Crippen LogP contribution is 2.37. The number of hydrogen-bond acceptors (Lipinski definition) is 5. The first-order valence-corrected chi connectivity index (χ1v) is 7.18. The van der Waals surface area contributed by atoms with Crippen LogP contribution in [0.3, 0.4) is 0 Å². The van der Waals surface area contributed by atoms with Crippen molar-refractivity contribution in [3.63, 3.8) is 0 Å². The van der Waals surface area contributed by atoms with Crippen LogP contribution in [0, 0.1) is 0 Å². The molecule has 0 aliphatic carbocycles. The molecule has 0 amide bonds. The molecule has 2 aromatic heterocycles. The Balaban J connectivity index is 2.19. The summed E-state index contributed by atoms with van der Waals surface area (Å²) in [5.74, 6) is 0. The standard InChI is InChI=1S/C14H15N5S/c1-14(2,3)20-11-9-12-15-17-18-19(12)16-13(11)10-7-5-4-6-8-10/h4-9H,1-3H3. The summed E-state index contributed by atoms with van der Waals surface area (Å²) in [6, 6.07) is 12.1. The maximum absolute atomic E-state index is 4.55. The van der Waals surface area contributed by atoms with Gasteiger partial charge in [-0.05, 0) is 10.4 Å². The zero-order valence-corrected chi connectivity index (χ0v) is 12.4. The third kappa shape index (κ3) is 2.65. The summed E-state index contributed by atoms with van der Waals surface area (Å²) < 4.78 is 1.56. The van der Waals surface area contributed by atoms with E-state index in [1.165, 1.54) is 4.63 Å². The lowest BCUT2D eigenvalue weighted by Gasteiger charge is -2.19. The number of rotatable bonds is 2. The van der Waals surface area contributed by atoms with Crippen molar-refractivity contribution >= 4 is 17.4 Å². The van der Waals surface area contributed by atoms with E-state index in [0.717, 1.165) is 16.2 Å². The molecule has 0 unspecified atom stereocenters. The number of fused-ring (bicyclic) bond motifs is 1. The molecule has 0 atom stereocenters. The summed E-state index contributed by atoms with van der Waals surface area (Å²) in [5.41, 5.74) is 2.64. The van der Waals surface area contributed by atoms with Crippen molar-refractivity contribution in [1.82, 2.24) is 25.3 Å². The van der Waals surface area contributed by atoms with Gasteiger partial charge in [-0.15, -0.1) is 26.6 Å². The van der Waals surface area contributed by atoms with Crippen molar-refractivity contribution in [2.24, 2.45) is 0 Å². The predicted octanol–water partition coefficient (Wildman–Crippen LogP) is 3.08. The van der Waals surface area contributed by atoms with Gasteiger partial charge in [-0.3, -0.25) is 0 Å². The molecular weight excluding hydrogens is 270 g/mol. The van der Waals surface area contributed by atoms with Crippen molar-refractivity contribution in [2.75, 3.05) is 0 Å². The van der Waals surface area contributed by atoms with Crippen LogP contribution in [0.15, 0.2) is 41.3 Å². The quantitative estimate of drug-likeness (QED) is 0.677. The summed E-state index contributed by atoms with van der Waals surface area (Å²) in [6.45, 7) is 6.54. The highest BCUT2D eigenvalue weighted by Gasteiger charge is 2.18. The molecule has 0 saturated heterocycles. The van der Waals surface area contributed by atoms with Gasteiger partial charge in [0.25, 0.3) is 0 Å². The van der Waals surface area contributed by atoms with E-state index in [0.29, 0.717) is 5.65 Å². The lowest BCUT2D eigenvalue weighted by molar-refractivity contribution is 0.730. The highest BCUT2D eigenvalue weighted by molar-refractivity contribution is 8.00. The summed E-state index contributed by atoms with van der Waals surface area (Å²) >= 11 is 1.77. The molecule has 0 aliphatic heterocycles. The Hall–Kier alpha value is -1.95. The van der Waals surface area contributed by atoms with Crippen LogP contribution < -0.4 is 0 Å². The molecule has 0 N–H and O–H groups in total. The molecule has 0 radical (unpaired) electrons. The molecule has 0 bridgehead atoms. The maximum atomic E-state index is 4.55. The van der Waals surface area contributed by atoms with Crippen molar-refractivity contribution in [3.8, 4) is 11.3 Å². The van der Waals surface area contributed by atoms with Gasteiger partial charge in [0.1, 0.15) is 5.69 Å². The number of nitrogens with zero attached hydrogens (tertiary/aromatic N) is 5. The molecule has 0 saturated carbocycles. The fourth-order valence-corrected chi connectivity index (χ4v) is 2.96. The smallest absolute Gasteiger partial charge is 0.146 e. The summed E-state index contributed by atoms with van der Waals surface area (Å²) in [5, 5.41) is 16.1. The molecule has 2 heterocycles. The Morgan fingerprint density at radius 2 is 1.85 bits per heavy atom. The average Bonchev–Trinajstić information content (AvgIpc) is 2.84. The molecule has 3 aromatic rings. The van der Waals surface area contributed by atoms with Gasteiger partial charge in [-0.2, -0.15) is 0 Å². The molecule has 6 heteroatoms. The zero-order chi connectivity index (χ0) is 14.2. The molecular formula is C14H15N5S. The third-order valence-corrected chi connectivity index (χ3v) is 3.77. The van der Waals surface area contributed by atoms with Crippen LogP contribution in [0.25, 0.3) is 16.9 Å². The van der Waals surface area contributed by atoms with Crippen molar-refractivity contribution < 1.29 is 0 Å². The van der Waals surface area contributed by atoms with Crippen LogP contribution in [-0.2, 0) is 0 Å². The Morgan fingerprint density at radius 3 is 2.55 bits per heavy atom. The predicted molar refractivity (Wildman–Crippen MR) is 79.6 cm³/mol. The Bertz CT molecular complexity index is 730. The monoisotopic (exact) mass is 285 g/mol. The van der Waals surface area contributed by atoms with Crippen LogP contribution in [-0.4, -0.2) is 30.0 Å². The lowest BCUT2D eigenvalue weighted by atomic mass is 10.1. The topological polar surface area (TPSA) is 56.0 Å². The minimum Gasteiger partial charge on any atom is -0.146 e. The normalized spacial score (nSPS) is 11.9. The lowest BCUT2D eigenvalue weighted by Crippen LogP contribution is -2.08. The Morgan fingerprint density at radius 1 is 1.10 bits per heavy atom. The first-order chi connectivity index (χ1) is 9.53. The molecule has 5 nitrogen and oxygen atoms in total. The van der Waals surface area contributed by atoms with Gasteiger partial charge in [0.15, 0.2) is 0 Å². The minimum atomic E-state index is 0.0942. The van der Waals surface area contributed by atoms with Gasteiger partial charge >= 0.3 is 0 Å². The number of benzene rings is 1. The second kappa shape index (κ2) is 4.86. The highest BCUT2D eigenvalue weighted by atomic mass is 32.2. The second-order valence-corrected chi connectivity index (χ2v) is 7.33. The number of thioether (sulfide) groups is 1. The van der Waals surface area contributed by atoms with Crippen LogP contribution >= 0.6 is 11.8 Å². The van der Waals surface area contributed by atoms with Gasteiger partial charge in [-0.1, -0.05) is 51.1 Å². The van der Waals surface area contributed by atoms with E-state index in [4.69, 9.17) is 0 Å². The van der Waals surface area contributed by atoms with Crippen LogP contribution in [0.5, 0.6) is 0 Å². The SMILES string of the molecule is CC(C)(C)Sc1cc2nnnn2nc1-c1ccccc1. The molecule has 0 fully saturated rings. The molecule has 102 valence electrons. The van der Waals surface area contributed by atoms with E-state index in [1.807, 2.05) is 36.4 Å². The Labute approximate surface area is 121 Å². The zero-order valence-electron chi connectivity index (χ0n) is 11.6.